The summed E-state index contributed by atoms with van der Waals surface area (Å²) >= 11 is 0. The molecule has 7 heteroatoms. The Morgan fingerprint density at radius 2 is 1.85 bits per heavy atom. The molecule has 6 nitrogen and oxygen atoms in total. The van der Waals surface area contributed by atoms with Crippen LogP contribution in [0, 0.1) is 11.8 Å². The molecule has 148 valence electrons. The summed E-state index contributed by atoms with van der Waals surface area (Å²) in [5.74, 6) is 1.23. The van der Waals surface area contributed by atoms with Gasteiger partial charge in [-0.2, -0.15) is 0 Å². The van der Waals surface area contributed by atoms with Crippen molar-refractivity contribution >= 4 is 9.84 Å². The lowest BCUT2D eigenvalue weighted by Gasteiger charge is -2.28. The zero-order valence-corrected chi connectivity index (χ0v) is 17.0. The molecule has 0 aromatic carbocycles. The van der Waals surface area contributed by atoms with Gasteiger partial charge in [0.1, 0.15) is 0 Å². The smallest absolute Gasteiger partial charge is 0.227 e. The van der Waals surface area contributed by atoms with Crippen LogP contribution in [0.5, 0.6) is 0 Å². The quantitative estimate of drug-likeness (QED) is 0.724. The number of hydrogen-bond acceptors (Lipinski definition) is 5. The second kappa shape index (κ2) is 8.85. The van der Waals surface area contributed by atoms with Gasteiger partial charge in [0.2, 0.25) is 15.0 Å². The van der Waals surface area contributed by atoms with Gasteiger partial charge >= 0.3 is 0 Å². The monoisotopic (exact) mass is 383 g/mol. The van der Waals surface area contributed by atoms with E-state index in [1.54, 1.807) is 6.20 Å². The Morgan fingerprint density at radius 1 is 1.15 bits per heavy atom. The summed E-state index contributed by atoms with van der Waals surface area (Å²) in [6.45, 7) is 4.26. The molecule has 2 fully saturated rings. The maximum atomic E-state index is 12.2. The standard InChI is InChI=1S/C19H33N3O3S/c1-21(13-17-8-10-25-11-9-17)15-18-12-20-19(26(2,23)24)22(18)14-16-6-4-3-5-7-16/h12,16-17H,3-11,13-15H2,1-2H3. The highest BCUT2D eigenvalue weighted by molar-refractivity contribution is 7.90. The normalized spacial score (nSPS) is 20.7. The lowest BCUT2D eigenvalue weighted by Crippen LogP contribution is -2.30. The van der Waals surface area contributed by atoms with E-state index >= 15 is 0 Å². The molecule has 0 spiro atoms. The van der Waals surface area contributed by atoms with Crippen LogP contribution < -0.4 is 0 Å². The van der Waals surface area contributed by atoms with Crippen molar-refractivity contribution < 1.29 is 13.2 Å². The number of rotatable bonds is 7. The van der Waals surface area contributed by atoms with Crippen molar-refractivity contribution in [3.63, 3.8) is 0 Å². The van der Waals surface area contributed by atoms with Gasteiger partial charge in [0.25, 0.3) is 0 Å². The zero-order valence-electron chi connectivity index (χ0n) is 16.2. The lowest BCUT2D eigenvalue weighted by molar-refractivity contribution is 0.0546. The first-order valence-corrected chi connectivity index (χ1v) is 11.8. The molecular weight excluding hydrogens is 350 g/mol. The molecule has 0 unspecified atom stereocenters. The van der Waals surface area contributed by atoms with Crippen molar-refractivity contribution in [2.45, 2.75) is 63.2 Å². The van der Waals surface area contributed by atoms with E-state index < -0.39 is 9.84 Å². The molecule has 1 aromatic rings. The fourth-order valence-corrected chi connectivity index (χ4v) is 5.18. The molecular formula is C19H33N3O3S. The van der Waals surface area contributed by atoms with Crippen molar-refractivity contribution in [3.05, 3.63) is 11.9 Å². The van der Waals surface area contributed by atoms with Crippen LogP contribution in [-0.4, -0.2) is 55.9 Å². The number of nitrogens with zero attached hydrogens (tertiary/aromatic N) is 3. The maximum absolute atomic E-state index is 12.2. The molecule has 0 amide bonds. The van der Waals surface area contributed by atoms with Gasteiger partial charge in [0.05, 0.1) is 11.9 Å². The number of hydrogen-bond donors (Lipinski definition) is 0. The summed E-state index contributed by atoms with van der Waals surface area (Å²) in [6.07, 6.45) is 11.5. The predicted octanol–water partition coefficient (Wildman–Crippen LogP) is 2.73. The Hall–Kier alpha value is -0.920. The Bertz CT molecular complexity index is 674. The fraction of sp³-hybridized carbons (Fsp3) is 0.842. The van der Waals surface area contributed by atoms with Crippen LogP contribution in [-0.2, 0) is 27.7 Å². The van der Waals surface area contributed by atoms with Crippen molar-refractivity contribution in [3.8, 4) is 0 Å². The molecule has 1 aromatic heterocycles. The molecule has 26 heavy (non-hydrogen) atoms. The van der Waals surface area contributed by atoms with Crippen molar-refractivity contribution in [2.24, 2.45) is 11.8 Å². The van der Waals surface area contributed by atoms with Gasteiger partial charge < -0.3 is 14.2 Å². The van der Waals surface area contributed by atoms with Gasteiger partial charge in [-0.05, 0) is 44.6 Å². The van der Waals surface area contributed by atoms with Crippen LogP contribution in [0.25, 0.3) is 0 Å². The first-order chi connectivity index (χ1) is 12.4. The number of sulfone groups is 1. The lowest BCUT2D eigenvalue weighted by atomic mass is 9.89. The van der Waals surface area contributed by atoms with Crippen LogP contribution >= 0.6 is 0 Å². The summed E-state index contributed by atoms with van der Waals surface area (Å²) < 4.78 is 31.8. The molecule has 1 saturated heterocycles. The zero-order chi connectivity index (χ0) is 18.6. The third-order valence-corrected chi connectivity index (χ3v) is 6.73. The molecule has 2 aliphatic rings. The van der Waals surface area contributed by atoms with Crippen LogP contribution in [0.2, 0.25) is 0 Å². The minimum atomic E-state index is -3.31. The first kappa shape index (κ1) is 19.8. The maximum Gasteiger partial charge on any atom is 0.227 e. The number of aromatic nitrogens is 2. The summed E-state index contributed by atoms with van der Waals surface area (Å²) in [6, 6.07) is 0. The molecule has 1 aliphatic carbocycles. The van der Waals surface area contributed by atoms with E-state index in [-0.39, 0.29) is 5.16 Å². The minimum absolute atomic E-state index is 0.234. The highest BCUT2D eigenvalue weighted by Gasteiger charge is 2.24. The first-order valence-electron chi connectivity index (χ1n) is 9.94. The molecule has 0 bridgehead atoms. The molecule has 1 saturated carbocycles. The van der Waals surface area contributed by atoms with Crippen LogP contribution in [0.1, 0.15) is 50.6 Å². The van der Waals surface area contributed by atoms with Crippen LogP contribution in [0.15, 0.2) is 11.4 Å². The van der Waals surface area contributed by atoms with Crippen molar-refractivity contribution in [1.29, 1.82) is 0 Å². The van der Waals surface area contributed by atoms with E-state index in [0.29, 0.717) is 11.8 Å². The Balaban J connectivity index is 1.71. The Morgan fingerprint density at radius 3 is 2.50 bits per heavy atom. The number of imidazole rings is 1. The summed E-state index contributed by atoms with van der Waals surface area (Å²) in [5.41, 5.74) is 1.02. The topological polar surface area (TPSA) is 64.4 Å². The highest BCUT2D eigenvalue weighted by atomic mass is 32.2. The third-order valence-electron chi connectivity index (χ3n) is 5.74. The molecule has 0 atom stereocenters. The van der Waals surface area contributed by atoms with Gasteiger partial charge in [-0.1, -0.05) is 19.3 Å². The predicted molar refractivity (Wildman–Crippen MR) is 102 cm³/mol. The van der Waals surface area contributed by atoms with Crippen molar-refractivity contribution in [2.75, 3.05) is 33.1 Å². The largest absolute Gasteiger partial charge is 0.381 e. The average molecular weight is 384 g/mol. The van der Waals surface area contributed by atoms with Gasteiger partial charge in [0, 0.05) is 39.1 Å². The van der Waals surface area contributed by atoms with Gasteiger partial charge in [-0.15, -0.1) is 0 Å². The van der Waals surface area contributed by atoms with Crippen LogP contribution in [0.3, 0.4) is 0 Å². The second-order valence-corrected chi connectivity index (χ2v) is 10.1. The third kappa shape index (κ3) is 5.30. The SMILES string of the molecule is CN(Cc1cnc(S(C)(=O)=O)n1CC1CCCCC1)CC1CCOCC1. The van der Waals surface area contributed by atoms with E-state index in [1.165, 1.54) is 38.4 Å². The van der Waals surface area contributed by atoms with E-state index in [9.17, 15) is 8.42 Å². The molecule has 3 rings (SSSR count). The van der Waals surface area contributed by atoms with E-state index in [4.69, 9.17) is 4.74 Å². The molecule has 0 radical (unpaired) electrons. The van der Waals surface area contributed by atoms with Crippen LogP contribution in [0.4, 0.5) is 0 Å². The van der Waals surface area contributed by atoms with Gasteiger partial charge in [-0.25, -0.2) is 13.4 Å². The van der Waals surface area contributed by atoms with Crippen molar-refractivity contribution in [1.82, 2.24) is 14.5 Å². The minimum Gasteiger partial charge on any atom is -0.381 e. The Labute approximate surface area is 157 Å². The molecule has 2 heterocycles. The summed E-state index contributed by atoms with van der Waals surface area (Å²) in [4.78, 5) is 6.58. The van der Waals surface area contributed by atoms with E-state index in [1.807, 2.05) is 4.57 Å². The molecule has 1 aliphatic heterocycles. The van der Waals surface area contributed by atoms with Gasteiger partial charge in [-0.3, -0.25) is 0 Å². The summed E-state index contributed by atoms with van der Waals surface area (Å²) in [5, 5.41) is 0.234. The average Bonchev–Trinajstić information content (AvgIpc) is 2.99. The summed E-state index contributed by atoms with van der Waals surface area (Å²) in [7, 11) is -1.19. The molecule has 0 N–H and O–H groups in total. The van der Waals surface area contributed by atoms with E-state index in [0.717, 1.165) is 51.4 Å². The van der Waals surface area contributed by atoms with E-state index in [2.05, 4.69) is 16.9 Å². The highest BCUT2D eigenvalue weighted by Crippen LogP contribution is 2.27. The number of ether oxygens (including phenoxy) is 1. The second-order valence-electron chi connectivity index (χ2n) is 8.17. The fourth-order valence-electron chi connectivity index (χ4n) is 4.35. The Kier molecular flexibility index (Phi) is 6.75. The van der Waals surface area contributed by atoms with Gasteiger partial charge in [0.15, 0.2) is 0 Å².